The van der Waals surface area contributed by atoms with Gasteiger partial charge in [-0.1, -0.05) is 0 Å². The van der Waals surface area contributed by atoms with Crippen molar-refractivity contribution in [1.29, 1.82) is 0 Å². The third-order valence-electron chi connectivity index (χ3n) is 1.94. The monoisotopic (exact) mass is 178 g/mol. The minimum atomic E-state index is -0.153. The topological polar surface area (TPSA) is 66.9 Å². The van der Waals surface area contributed by atoms with Crippen LogP contribution in [0, 0.1) is 0 Å². The maximum Gasteiger partial charge on any atom is 0.271 e. The van der Waals surface area contributed by atoms with Crippen molar-refractivity contribution in [1.82, 2.24) is 20.6 Å². The molecule has 1 fully saturated rings. The predicted molar refractivity (Wildman–Crippen MR) is 45.9 cm³/mol. The average molecular weight is 178 g/mol. The Morgan fingerprint density at radius 2 is 2.54 bits per heavy atom. The molecular weight excluding hydrogens is 168 g/mol. The van der Waals surface area contributed by atoms with E-state index in [9.17, 15) is 4.79 Å². The van der Waals surface area contributed by atoms with Gasteiger partial charge in [0.05, 0.1) is 6.17 Å². The normalized spacial score (nSPS) is 20.5. The van der Waals surface area contributed by atoms with Gasteiger partial charge in [0.2, 0.25) is 0 Å². The summed E-state index contributed by atoms with van der Waals surface area (Å²) in [7, 11) is 0. The zero-order valence-electron chi connectivity index (χ0n) is 7.03. The first-order valence-corrected chi connectivity index (χ1v) is 4.16. The van der Waals surface area contributed by atoms with Crippen LogP contribution in [-0.2, 0) is 0 Å². The lowest BCUT2D eigenvalue weighted by atomic mass is 10.2. The minimum Gasteiger partial charge on any atom is -0.335 e. The van der Waals surface area contributed by atoms with Crippen LogP contribution in [0.1, 0.15) is 16.9 Å². The molecule has 0 bridgehead atoms. The third-order valence-corrected chi connectivity index (χ3v) is 1.94. The highest BCUT2D eigenvalue weighted by Crippen LogP contribution is 1.99. The molecule has 1 aromatic heterocycles. The first kappa shape index (κ1) is 8.12. The Morgan fingerprint density at radius 3 is 3.08 bits per heavy atom. The molecule has 0 radical (unpaired) electrons. The van der Waals surface area contributed by atoms with E-state index in [0.29, 0.717) is 5.69 Å². The lowest BCUT2D eigenvalue weighted by Crippen LogP contribution is -2.54. The first-order valence-electron chi connectivity index (χ1n) is 4.16. The molecule has 68 valence electrons. The van der Waals surface area contributed by atoms with Crippen molar-refractivity contribution < 1.29 is 4.79 Å². The zero-order valence-corrected chi connectivity index (χ0v) is 7.03. The van der Waals surface area contributed by atoms with Crippen LogP contribution in [-0.4, -0.2) is 28.6 Å². The molecule has 13 heavy (non-hydrogen) atoms. The van der Waals surface area contributed by atoms with Crippen LogP contribution in [0.15, 0.2) is 18.6 Å². The van der Waals surface area contributed by atoms with Crippen LogP contribution >= 0.6 is 0 Å². The Kier molecular flexibility index (Phi) is 2.18. The summed E-state index contributed by atoms with van der Waals surface area (Å²) in [5.41, 5.74) is 0.406. The van der Waals surface area contributed by atoms with Crippen LogP contribution in [0.25, 0.3) is 0 Å². The molecule has 5 heteroatoms. The van der Waals surface area contributed by atoms with Gasteiger partial charge in [-0.3, -0.25) is 10.1 Å². The molecule has 2 heterocycles. The molecule has 2 rings (SSSR count). The number of hydrogen-bond donors (Lipinski definition) is 2. The van der Waals surface area contributed by atoms with Gasteiger partial charge in [-0.2, -0.15) is 0 Å². The zero-order chi connectivity index (χ0) is 9.10. The summed E-state index contributed by atoms with van der Waals surface area (Å²) >= 11 is 0. The number of aromatic nitrogens is 2. The van der Waals surface area contributed by atoms with Gasteiger partial charge >= 0.3 is 0 Å². The number of amides is 1. The van der Waals surface area contributed by atoms with Gasteiger partial charge < -0.3 is 5.32 Å². The standard InChI is InChI=1S/C8H10N4O/c13-8(12-7-2-4-10-7)6-1-3-9-5-11-6/h1,3,5,7,10H,2,4H2,(H,12,13). The van der Waals surface area contributed by atoms with Crippen molar-refractivity contribution >= 4 is 5.91 Å². The Labute approximate surface area is 75.6 Å². The van der Waals surface area contributed by atoms with Crippen molar-refractivity contribution in [3.8, 4) is 0 Å². The van der Waals surface area contributed by atoms with E-state index < -0.39 is 0 Å². The fraction of sp³-hybridized carbons (Fsp3) is 0.375. The summed E-state index contributed by atoms with van der Waals surface area (Å²) in [5.74, 6) is -0.153. The van der Waals surface area contributed by atoms with E-state index in [1.165, 1.54) is 6.33 Å². The Hall–Kier alpha value is -1.49. The molecule has 1 aliphatic heterocycles. The van der Waals surface area contributed by atoms with Gasteiger partial charge in [0.15, 0.2) is 0 Å². The summed E-state index contributed by atoms with van der Waals surface area (Å²) in [6.07, 6.45) is 4.01. The molecule has 1 amide bonds. The Morgan fingerprint density at radius 1 is 1.69 bits per heavy atom. The molecular formula is C8H10N4O. The molecule has 0 aliphatic carbocycles. The number of nitrogens with zero attached hydrogens (tertiary/aromatic N) is 2. The van der Waals surface area contributed by atoms with E-state index in [2.05, 4.69) is 20.6 Å². The van der Waals surface area contributed by atoms with Crippen LogP contribution in [0.2, 0.25) is 0 Å². The van der Waals surface area contributed by atoms with E-state index in [-0.39, 0.29) is 12.1 Å². The summed E-state index contributed by atoms with van der Waals surface area (Å²) in [4.78, 5) is 19.0. The van der Waals surface area contributed by atoms with Crippen molar-refractivity contribution in [2.24, 2.45) is 0 Å². The number of carbonyl (C=O) groups excluding carboxylic acids is 1. The van der Waals surface area contributed by atoms with Gasteiger partial charge in [0.25, 0.3) is 5.91 Å². The van der Waals surface area contributed by atoms with Crippen molar-refractivity contribution in [2.45, 2.75) is 12.6 Å². The molecule has 1 saturated heterocycles. The van der Waals surface area contributed by atoms with Crippen LogP contribution < -0.4 is 10.6 Å². The summed E-state index contributed by atoms with van der Waals surface area (Å²) in [6.45, 7) is 0.967. The fourth-order valence-corrected chi connectivity index (χ4v) is 1.07. The number of carbonyl (C=O) groups is 1. The smallest absolute Gasteiger partial charge is 0.271 e. The summed E-state index contributed by atoms with van der Waals surface area (Å²) in [5, 5.41) is 5.86. The molecule has 1 unspecified atom stereocenters. The van der Waals surface area contributed by atoms with E-state index >= 15 is 0 Å². The van der Waals surface area contributed by atoms with Gasteiger partial charge in [-0.25, -0.2) is 9.97 Å². The average Bonchev–Trinajstić information content (AvgIpc) is 2.12. The lowest BCUT2D eigenvalue weighted by Gasteiger charge is -2.28. The SMILES string of the molecule is O=C(NC1CCN1)c1ccncn1. The Balaban J connectivity index is 1.97. The third kappa shape index (κ3) is 1.81. The van der Waals surface area contributed by atoms with Crippen LogP contribution in [0.3, 0.4) is 0 Å². The summed E-state index contributed by atoms with van der Waals surface area (Å²) in [6, 6.07) is 1.59. The lowest BCUT2D eigenvalue weighted by molar-refractivity contribution is 0.0903. The molecule has 1 aliphatic rings. The molecule has 0 spiro atoms. The predicted octanol–water partition coefficient (Wildman–Crippen LogP) is -0.474. The maximum atomic E-state index is 11.4. The van der Waals surface area contributed by atoms with E-state index in [0.717, 1.165) is 13.0 Å². The van der Waals surface area contributed by atoms with Crippen LogP contribution in [0.4, 0.5) is 0 Å². The maximum absolute atomic E-state index is 11.4. The first-order chi connectivity index (χ1) is 6.36. The second-order valence-corrected chi connectivity index (χ2v) is 2.86. The summed E-state index contributed by atoms with van der Waals surface area (Å²) < 4.78 is 0. The van der Waals surface area contributed by atoms with Crippen LogP contribution in [0.5, 0.6) is 0 Å². The highest BCUT2D eigenvalue weighted by atomic mass is 16.2. The number of nitrogens with one attached hydrogen (secondary N) is 2. The van der Waals surface area contributed by atoms with Crippen molar-refractivity contribution in [3.63, 3.8) is 0 Å². The molecule has 5 nitrogen and oxygen atoms in total. The van der Waals surface area contributed by atoms with E-state index in [4.69, 9.17) is 0 Å². The largest absolute Gasteiger partial charge is 0.335 e. The molecule has 1 aromatic rings. The van der Waals surface area contributed by atoms with Gasteiger partial charge in [-0.05, 0) is 12.5 Å². The molecule has 1 atom stereocenters. The quantitative estimate of drug-likeness (QED) is 0.642. The van der Waals surface area contributed by atoms with Gasteiger partial charge in [0.1, 0.15) is 12.0 Å². The van der Waals surface area contributed by atoms with Crippen molar-refractivity contribution in [3.05, 3.63) is 24.3 Å². The second kappa shape index (κ2) is 3.49. The number of rotatable bonds is 2. The van der Waals surface area contributed by atoms with E-state index in [1.807, 2.05) is 0 Å². The van der Waals surface area contributed by atoms with Gasteiger partial charge in [0, 0.05) is 12.7 Å². The minimum absolute atomic E-state index is 0.113. The molecule has 0 aromatic carbocycles. The second-order valence-electron chi connectivity index (χ2n) is 2.86. The van der Waals surface area contributed by atoms with Gasteiger partial charge in [-0.15, -0.1) is 0 Å². The molecule has 2 N–H and O–H groups in total. The van der Waals surface area contributed by atoms with Crippen molar-refractivity contribution in [2.75, 3.05) is 6.54 Å². The molecule has 0 saturated carbocycles. The highest BCUT2D eigenvalue weighted by Gasteiger charge is 2.19. The fourth-order valence-electron chi connectivity index (χ4n) is 1.07. The number of hydrogen-bond acceptors (Lipinski definition) is 4. The highest BCUT2D eigenvalue weighted by molar-refractivity contribution is 5.92. The van der Waals surface area contributed by atoms with E-state index in [1.54, 1.807) is 12.3 Å². The Bertz CT molecular complexity index is 296.